The fourth-order valence-corrected chi connectivity index (χ4v) is 5.79. The van der Waals surface area contributed by atoms with Gasteiger partial charge in [-0.05, 0) is 43.4 Å². The normalized spacial score (nSPS) is 13.1. The number of carbonyl (C=O) groups excluding carboxylic acids is 2. The van der Waals surface area contributed by atoms with Gasteiger partial charge in [0.05, 0.1) is 38.8 Å². The average molecular weight is 483 g/mol. The molecule has 0 radical (unpaired) electrons. The summed E-state index contributed by atoms with van der Waals surface area (Å²) in [5, 5.41) is 3.10. The number of carbonyl (C=O) groups is 2. The lowest BCUT2D eigenvalue weighted by molar-refractivity contribution is -0.114. The first kappa shape index (κ1) is 23.9. The Morgan fingerprint density at radius 2 is 1.84 bits per heavy atom. The summed E-state index contributed by atoms with van der Waals surface area (Å²) in [5.74, 6) is -0.433. The first-order valence-electron chi connectivity index (χ1n) is 9.92. The highest BCUT2D eigenvalue weighted by Gasteiger charge is 2.29. The number of thiophene rings is 1. The number of methoxy groups -OCH3 is 3. The van der Waals surface area contributed by atoms with Gasteiger partial charge in [0.15, 0.2) is 0 Å². The van der Waals surface area contributed by atoms with Crippen molar-refractivity contribution in [3.63, 3.8) is 0 Å². The average Bonchev–Trinajstić information content (AvgIpc) is 3.13. The van der Waals surface area contributed by atoms with Crippen LogP contribution in [0.2, 0.25) is 0 Å². The van der Waals surface area contributed by atoms with Crippen molar-refractivity contribution in [3.8, 4) is 11.5 Å². The number of nitrogens with one attached hydrogen (secondary N) is 1. The molecule has 1 amide bonds. The van der Waals surface area contributed by atoms with E-state index in [4.69, 9.17) is 14.2 Å². The number of rotatable bonds is 8. The number of aryl methyl sites for hydroxylation is 1. The Balaban J connectivity index is 1.93. The summed E-state index contributed by atoms with van der Waals surface area (Å²) in [5.41, 5.74) is 1.42. The standard InChI is InChI=1S/C21H26N2O7S2/c1-28-13-9-10-16(29-2)15(11-13)23(32(4,26)27)12-18(24)22-20-19(21(25)30-3)14-7-5-6-8-17(14)31-20/h9-11H,5-8,12H2,1-4H3,(H,22,24). The first-order valence-corrected chi connectivity index (χ1v) is 12.6. The highest BCUT2D eigenvalue weighted by atomic mass is 32.2. The summed E-state index contributed by atoms with van der Waals surface area (Å²) in [7, 11) is 0.307. The number of sulfonamides is 1. The highest BCUT2D eigenvalue weighted by molar-refractivity contribution is 7.92. The second kappa shape index (κ2) is 9.78. The third-order valence-electron chi connectivity index (χ3n) is 5.16. The van der Waals surface area contributed by atoms with E-state index in [0.717, 1.165) is 46.7 Å². The van der Waals surface area contributed by atoms with Crippen molar-refractivity contribution in [2.24, 2.45) is 0 Å². The third-order valence-corrected chi connectivity index (χ3v) is 7.49. The molecule has 0 atom stereocenters. The summed E-state index contributed by atoms with van der Waals surface area (Å²) >= 11 is 1.33. The van der Waals surface area contributed by atoms with Gasteiger partial charge in [0.25, 0.3) is 0 Å². The predicted octanol–water partition coefficient (Wildman–Crippen LogP) is 2.84. The van der Waals surface area contributed by atoms with Crippen molar-refractivity contribution in [1.82, 2.24) is 0 Å². The van der Waals surface area contributed by atoms with Crippen LogP contribution in [0, 0.1) is 0 Å². The van der Waals surface area contributed by atoms with Gasteiger partial charge in [0.2, 0.25) is 15.9 Å². The van der Waals surface area contributed by atoms with Crippen LogP contribution in [0.3, 0.4) is 0 Å². The molecular formula is C21H26N2O7S2. The number of anilines is 2. The quantitative estimate of drug-likeness (QED) is 0.576. The maximum atomic E-state index is 12.9. The molecule has 0 aliphatic heterocycles. The SMILES string of the molecule is COC(=O)c1c(NC(=O)CN(c2cc(OC)ccc2OC)S(C)(=O)=O)sc2c1CCCC2. The molecule has 1 N–H and O–H groups in total. The number of hydrogen-bond acceptors (Lipinski definition) is 8. The molecule has 2 aromatic rings. The first-order chi connectivity index (χ1) is 15.2. The number of benzene rings is 1. The van der Waals surface area contributed by atoms with E-state index in [1.165, 1.54) is 38.7 Å². The van der Waals surface area contributed by atoms with Crippen LogP contribution in [-0.4, -0.2) is 54.4 Å². The minimum atomic E-state index is -3.85. The number of hydrogen-bond donors (Lipinski definition) is 1. The van der Waals surface area contributed by atoms with E-state index in [1.54, 1.807) is 12.1 Å². The van der Waals surface area contributed by atoms with Gasteiger partial charge >= 0.3 is 5.97 Å². The lowest BCUT2D eigenvalue weighted by Gasteiger charge is -2.24. The van der Waals surface area contributed by atoms with E-state index in [0.29, 0.717) is 16.3 Å². The van der Waals surface area contributed by atoms with Crippen LogP contribution in [0.5, 0.6) is 11.5 Å². The Kier molecular flexibility index (Phi) is 7.29. The molecule has 174 valence electrons. The zero-order valence-electron chi connectivity index (χ0n) is 18.4. The Bertz CT molecular complexity index is 1130. The molecular weight excluding hydrogens is 456 g/mol. The summed E-state index contributed by atoms with van der Waals surface area (Å²) < 4.78 is 41.4. The fourth-order valence-electron chi connectivity index (χ4n) is 3.64. The summed E-state index contributed by atoms with van der Waals surface area (Å²) in [4.78, 5) is 26.4. The molecule has 0 fully saturated rings. The Morgan fingerprint density at radius 3 is 2.47 bits per heavy atom. The van der Waals surface area contributed by atoms with Crippen molar-refractivity contribution in [2.75, 3.05) is 43.8 Å². The fraction of sp³-hybridized carbons (Fsp3) is 0.429. The molecule has 0 bridgehead atoms. The van der Waals surface area contributed by atoms with Gasteiger partial charge in [-0.25, -0.2) is 13.2 Å². The Labute approximate surface area is 191 Å². The number of esters is 1. The van der Waals surface area contributed by atoms with Crippen molar-refractivity contribution < 1.29 is 32.2 Å². The van der Waals surface area contributed by atoms with Gasteiger partial charge in [-0.3, -0.25) is 9.10 Å². The maximum Gasteiger partial charge on any atom is 0.341 e. The van der Waals surface area contributed by atoms with Crippen LogP contribution in [0.25, 0.3) is 0 Å². The van der Waals surface area contributed by atoms with Crippen molar-refractivity contribution in [3.05, 3.63) is 34.2 Å². The molecule has 1 heterocycles. The van der Waals surface area contributed by atoms with Gasteiger partial charge in [-0.1, -0.05) is 0 Å². The number of fused-ring (bicyclic) bond motifs is 1. The summed E-state index contributed by atoms with van der Waals surface area (Å²) in [6.07, 6.45) is 4.54. The molecule has 1 aromatic carbocycles. The van der Waals surface area contributed by atoms with E-state index in [9.17, 15) is 18.0 Å². The molecule has 3 rings (SSSR count). The van der Waals surface area contributed by atoms with E-state index in [-0.39, 0.29) is 11.4 Å². The lowest BCUT2D eigenvalue weighted by Crippen LogP contribution is -2.37. The van der Waals surface area contributed by atoms with Crippen LogP contribution >= 0.6 is 11.3 Å². The molecule has 0 spiro atoms. The minimum Gasteiger partial charge on any atom is -0.497 e. The lowest BCUT2D eigenvalue weighted by atomic mass is 9.95. The topological polar surface area (TPSA) is 111 Å². The van der Waals surface area contributed by atoms with Crippen molar-refractivity contribution in [1.29, 1.82) is 0 Å². The van der Waals surface area contributed by atoms with Crippen LogP contribution in [0.4, 0.5) is 10.7 Å². The molecule has 1 aliphatic rings. The van der Waals surface area contributed by atoms with Crippen LogP contribution in [-0.2, 0) is 32.4 Å². The van der Waals surface area contributed by atoms with E-state index < -0.39 is 28.4 Å². The van der Waals surface area contributed by atoms with Gasteiger partial charge in [-0.15, -0.1) is 11.3 Å². The van der Waals surface area contributed by atoms with Crippen molar-refractivity contribution in [2.45, 2.75) is 25.7 Å². The van der Waals surface area contributed by atoms with Gasteiger partial charge in [-0.2, -0.15) is 0 Å². The second-order valence-electron chi connectivity index (χ2n) is 7.26. The number of amides is 1. The summed E-state index contributed by atoms with van der Waals surface area (Å²) in [6, 6.07) is 4.67. The Hall–Kier alpha value is -2.79. The predicted molar refractivity (Wildman–Crippen MR) is 123 cm³/mol. The summed E-state index contributed by atoms with van der Waals surface area (Å²) in [6.45, 7) is -0.508. The molecule has 0 saturated heterocycles. The molecule has 0 unspecified atom stereocenters. The highest BCUT2D eigenvalue weighted by Crippen LogP contribution is 2.39. The van der Waals surface area contributed by atoms with Crippen molar-refractivity contribution >= 4 is 43.9 Å². The second-order valence-corrected chi connectivity index (χ2v) is 10.3. The smallest absolute Gasteiger partial charge is 0.341 e. The third kappa shape index (κ3) is 4.99. The Morgan fingerprint density at radius 1 is 1.12 bits per heavy atom. The van der Waals surface area contributed by atoms with E-state index in [2.05, 4.69) is 5.32 Å². The largest absolute Gasteiger partial charge is 0.497 e. The molecule has 1 aromatic heterocycles. The number of ether oxygens (including phenoxy) is 3. The van der Waals surface area contributed by atoms with Crippen LogP contribution in [0.1, 0.15) is 33.6 Å². The molecule has 9 nitrogen and oxygen atoms in total. The van der Waals surface area contributed by atoms with Gasteiger partial charge in [0.1, 0.15) is 23.0 Å². The zero-order valence-corrected chi connectivity index (χ0v) is 20.0. The van der Waals surface area contributed by atoms with E-state index in [1.807, 2.05) is 0 Å². The monoisotopic (exact) mass is 482 g/mol. The van der Waals surface area contributed by atoms with E-state index >= 15 is 0 Å². The molecule has 0 saturated carbocycles. The maximum absolute atomic E-state index is 12.9. The zero-order chi connectivity index (χ0) is 23.5. The van der Waals surface area contributed by atoms with Gasteiger partial charge < -0.3 is 19.5 Å². The van der Waals surface area contributed by atoms with Crippen LogP contribution in [0.15, 0.2) is 18.2 Å². The molecule has 32 heavy (non-hydrogen) atoms. The van der Waals surface area contributed by atoms with Gasteiger partial charge in [0, 0.05) is 10.9 Å². The minimum absolute atomic E-state index is 0.170. The molecule has 11 heteroatoms. The molecule has 1 aliphatic carbocycles. The number of nitrogens with zero attached hydrogens (tertiary/aromatic N) is 1. The van der Waals surface area contributed by atoms with Crippen LogP contribution < -0.4 is 19.1 Å².